The van der Waals surface area contributed by atoms with Gasteiger partial charge in [0, 0.05) is 0 Å². The van der Waals surface area contributed by atoms with Crippen LogP contribution in [0.2, 0.25) is 18.1 Å². The summed E-state index contributed by atoms with van der Waals surface area (Å²) in [7, 11) is -1.69. The number of aryl methyl sites for hydroxylation is 1. The average molecular weight is 588 g/mol. The van der Waals surface area contributed by atoms with Crippen molar-refractivity contribution < 1.29 is 21.1 Å². The predicted molar refractivity (Wildman–Crippen MR) is 166 cm³/mol. The first kappa shape index (κ1) is 31.5. The molecule has 37 heavy (non-hydrogen) atoms. The number of hydrogen-bond acceptors (Lipinski definition) is 1. The van der Waals surface area contributed by atoms with E-state index >= 15 is 0 Å². The average Bonchev–Trinajstić information content (AvgIpc) is 3.24. The summed E-state index contributed by atoms with van der Waals surface area (Å²) in [5.74, 6) is 1.04. The van der Waals surface area contributed by atoms with Crippen molar-refractivity contribution >= 4 is 41.9 Å². The number of halogens is 2. The Morgan fingerprint density at radius 1 is 0.811 bits per heavy atom. The maximum Gasteiger partial charge on any atom is -0.147 e. The van der Waals surface area contributed by atoms with Gasteiger partial charge in [-0.3, -0.25) is 0 Å². The molecule has 1 aliphatic carbocycles. The van der Waals surface area contributed by atoms with Crippen LogP contribution in [0.3, 0.4) is 0 Å². The van der Waals surface area contributed by atoms with E-state index < -0.39 is 25.9 Å². The van der Waals surface area contributed by atoms with Crippen LogP contribution in [0.5, 0.6) is 5.75 Å². The van der Waals surface area contributed by atoms with E-state index in [0.717, 1.165) is 12.2 Å². The van der Waals surface area contributed by atoms with E-state index in [4.69, 9.17) is 3.32 Å². The van der Waals surface area contributed by atoms with Gasteiger partial charge < -0.3 is 0 Å². The maximum atomic E-state index is 7.22. The Morgan fingerprint density at radius 3 is 1.81 bits per heavy atom. The molecule has 4 rings (SSSR count). The zero-order valence-corrected chi connectivity index (χ0v) is 27.3. The molecule has 5 heteroatoms. The fraction of sp³-hybridized carbons (Fsp3) is 0.281. The Balaban J connectivity index is 0.00000241. The van der Waals surface area contributed by atoms with Crippen molar-refractivity contribution in [2.75, 3.05) is 0 Å². The normalized spacial score (nSPS) is 13.1. The SMILES string of the molecule is CC1=[C]([Ti]([O]c2cc(C)cc([Si](C)(C)C(C)(C)C)c2)=[C](c2ccccc2)c2ccccc2)CC=C1.Cl.Cl. The Kier molecular flexibility index (Phi) is 11.0. The molecular weight excluding hydrogens is 547 g/mol. The van der Waals surface area contributed by atoms with Crippen molar-refractivity contribution in [3.05, 3.63) is 117 Å². The minimum absolute atomic E-state index is 0. The van der Waals surface area contributed by atoms with Gasteiger partial charge in [0.15, 0.2) is 0 Å². The van der Waals surface area contributed by atoms with E-state index in [1.54, 1.807) is 0 Å². The van der Waals surface area contributed by atoms with Crippen LogP contribution in [0.4, 0.5) is 0 Å². The van der Waals surface area contributed by atoms with Gasteiger partial charge in [-0.15, -0.1) is 24.8 Å². The van der Waals surface area contributed by atoms with Crippen LogP contribution < -0.4 is 8.51 Å². The fourth-order valence-corrected chi connectivity index (χ4v) is 10.3. The summed E-state index contributed by atoms with van der Waals surface area (Å²) in [5, 5.41) is 1.76. The number of hydrogen-bond donors (Lipinski definition) is 0. The van der Waals surface area contributed by atoms with Gasteiger partial charge in [-0.2, -0.15) is 0 Å². The van der Waals surface area contributed by atoms with Crippen LogP contribution in [0.1, 0.15) is 50.8 Å². The number of benzene rings is 3. The Bertz CT molecular complexity index is 1260. The van der Waals surface area contributed by atoms with Crippen LogP contribution in [0.25, 0.3) is 0 Å². The molecule has 0 heterocycles. The van der Waals surface area contributed by atoms with E-state index in [2.05, 4.69) is 139 Å². The van der Waals surface area contributed by atoms with Gasteiger partial charge in [0.2, 0.25) is 0 Å². The molecule has 0 aliphatic heterocycles. The first-order chi connectivity index (χ1) is 16.6. The topological polar surface area (TPSA) is 9.23 Å². The molecule has 0 fully saturated rings. The second-order valence-electron chi connectivity index (χ2n) is 11.2. The van der Waals surface area contributed by atoms with E-state index in [1.807, 2.05) is 0 Å². The van der Waals surface area contributed by atoms with Crippen LogP contribution in [-0.2, 0) is 17.8 Å². The van der Waals surface area contributed by atoms with Crippen molar-refractivity contribution in [1.82, 2.24) is 0 Å². The molecule has 1 aliphatic rings. The quantitative estimate of drug-likeness (QED) is 0.262. The molecule has 3 aromatic rings. The van der Waals surface area contributed by atoms with E-state index in [0.29, 0.717) is 0 Å². The first-order valence-electron chi connectivity index (χ1n) is 12.6. The van der Waals surface area contributed by atoms with Crippen molar-refractivity contribution in [3.8, 4) is 5.75 Å². The first-order valence-corrected chi connectivity index (χ1v) is 17.8. The number of allylic oxidation sites excluding steroid dienone is 4. The zero-order valence-electron chi connectivity index (χ0n) is 23.1. The largest absolute Gasteiger partial charge is 0.147 e. The predicted octanol–water partition coefficient (Wildman–Crippen LogP) is 8.97. The second kappa shape index (κ2) is 12.9. The van der Waals surface area contributed by atoms with Crippen LogP contribution in [0, 0.1) is 6.92 Å². The van der Waals surface area contributed by atoms with Gasteiger partial charge in [0.05, 0.1) is 0 Å². The minimum Gasteiger partial charge on any atom is -0.147 e. The molecule has 0 atom stereocenters. The molecule has 0 N–H and O–H groups in total. The summed E-state index contributed by atoms with van der Waals surface area (Å²) in [5.41, 5.74) is 5.22. The van der Waals surface area contributed by atoms with Gasteiger partial charge >= 0.3 is 220 Å². The standard InChI is InChI=1S/C13H22OSi.C13H10.C6H7.2ClH.Ti/c1-10-7-11(14)9-12(8-10)15(5,6)13(2,3)4;1-3-7-12(8-4-1)11-13-9-5-2-6-10-13;1-6-4-2-3-5-6;;;/h7-9,14H,1-6H3;1-10H;2,4H,3H2,1H3;2*1H;/q;;;;;+1/p-1. The molecule has 196 valence electrons. The molecule has 0 spiro atoms. The van der Waals surface area contributed by atoms with E-state index in [-0.39, 0.29) is 29.9 Å². The molecule has 0 saturated carbocycles. The maximum absolute atomic E-state index is 7.22. The van der Waals surface area contributed by atoms with Gasteiger partial charge in [0.1, 0.15) is 0 Å². The fourth-order valence-electron chi connectivity index (χ4n) is 4.51. The monoisotopic (exact) mass is 586 g/mol. The van der Waals surface area contributed by atoms with E-state index in [9.17, 15) is 0 Å². The molecular formula is C32H40Cl2OSiTi. The van der Waals surface area contributed by atoms with Crippen LogP contribution >= 0.6 is 24.8 Å². The van der Waals surface area contributed by atoms with Crippen molar-refractivity contribution in [3.63, 3.8) is 0 Å². The Labute approximate surface area is 243 Å². The zero-order chi connectivity index (χ0) is 25.2. The summed E-state index contributed by atoms with van der Waals surface area (Å²) in [6.45, 7) is 16.6. The van der Waals surface area contributed by atoms with Gasteiger partial charge in [-0.1, -0.05) is 0 Å². The molecule has 0 aromatic heterocycles. The molecule has 0 radical (unpaired) electrons. The second-order valence-corrected chi connectivity index (χ2v) is 19.6. The van der Waals surface area contributed by atoms with Crippen molar-refractivity contribution in [1.29, 1.82) is 0 Å². The van der Waals surface area contributed by atoms with Gasteiger partial charge in [-0.25, -0.2) is 0 Å². The van der Waals surface area contributed by atoms with Crippen LogP contribution in [-0.4, -0.2) is 11.9 Å². The van der Waals surface area contributed by atoms with E-state index in [1.165, 1.54) is 35.1 Å². The van der Waals surface area contributed by atoms with Gasteiger partial charge in [0.25, 0.3) is 0 Å². The smallest absolute Gasteiger partial charge is 0.147 e. The Hall–Kier alpha value is -1.68. The summed E-state index contributed by atoms with van der Waals surface area (Å²) in [4.78, 5) is 0. The molecule has 0 amide bonds. The third-order valence-corrected chi connectivity index (χ3v) is 17.2. The molecule has 0 bridgehead atoms. The summed E-state index contributed by atoms with van der Waals surface area (Å²) in [6, 6.07) is 28.7. The Morgan fingerprint density at radius 2 is 1.35 bits per heavy atom. The van der Waals surface area contributed by atoms with Crippen molar-refractivity contribution in [2.45, 2.75) is 59.2 Å². The number of rotatable bonds is 6. The third kappa shape index (κ3) is 7.05. The molecule has 3 aromatic carbocycles. The van der Waals surface area contributed by atoms with Crippen molar-refractivity contribution in [2.24, 2.45) is 0 Å². The molecule has 0 saturated heterocycles. The van der Waals surface area contributed by atoms with Gasteiger partial charge in [-0.05, 0) is 0 Å². The third-order valence-electron chi connectivity index (χ3n) is 7.66. The summed E-state index contributed by atoms with van der Waals surface area (Å²) < 4.78 is 10.1. The molecule has 0 unspecified atom stereocenters. The van der Waals surface area contributed by atoms with Crippen LogP contribution in [0.15, 0.2) is 100 Å². The molecule has 1 nitrogen and oxygen atoms in total. The summed E-state index contributed by atoms with van der Waals surface area (Å²) in [6.07, 6.45) is 5.56. The summed E-state index contributed by atoms with van der Waals surface area (Å²) >= 11 is -2.40. The minimum atomic E-state index is -2.40.